The van der Waals surface area contributed by atoms with Crippen molar-refractivity contribution in [3.05, 3.63) is 59.1 Å². The molecule has 2 nitrogen and oxygen atoms in total. The molecule has 1 N–H and O–H groups in total. The highest BCUT2D eigenvalue weighted by atomic mass is 35.5. The third kappa shape index (κ3) is 4.19. The highest BCUT2D eigenvalue weighted by molar-refractivity contribution is 7.80. The molecule has 0 atom stereocenters. The summed E-state index contributed by atoms with van der Waals surface area (Å²) in [7, 11) is 1.92. The summed E-state index contributed by atoms with van der Waals surface area (Å²) in [5.41, 5.74) is 3.24. The van der Waals surface area contributed by atoms with Crippen molar-refractivity contribution in [3.63, 3.8) is 0 Å². The first-order valence-electron chi connectivity index (χ1n) is 6.87. The molecule has 0 unspecified atom stereocenters. The van der Waals surface area contributed by atoms with Crippen molar-refractivity contribution in [2.75, 3.05) is 17.3 Å². The largest absolute Gasteiger partial charge is 0.332 e. The predicted octanol–water partition coefficient (Wildman–Crippen LogP) is 5.30. The van der Waals surface area contributed by atoms with Gasteiger partial charge in [-0.2, -0.15) is 0 Å². The minimum absolute atomic E-state index is 0.492. The van der Waals surface area contributed by atoms with E-state index in [0.29, 0.717) is 16.1 Å². The molecule has 2 rings (SSSR count). The number of thiocarbonyl (C=S) groups is 1. The average Bonchev–Trinajstić information content (AvgIpc) is 2.46. The third-order valence-corrected chi connectivity index (χ3v) is 3.92. The second kappa shape index (κ2) is 6.92. The Labute approximate surface area is 136 Å². The van der Waals surface area contributed by atoms with Crippen molar-refractivity contribution in [2.45, 2.75) is 19.8 Å². The Kier molecular flexibility index (Phi) is 5.21. The highest BCUT2D eigenvalue weighted by Crippen LogP contribution is 2.21. The Morgan fingerprint density at radius 2 is 1.86 bits per heavy atom. The minimum Gasteiger partial charge on any atom is -0.332 e. The van der Waals surface area contributed by atoms with E-state index in [2.05, 4.69) is 31.3 Å². The van der Waals surface area contributed by atoms with E-state index in [4.69, 9.17) is 23.8 Å². The van der Waals surface area contributed by atoms with E-state index in [1.807, 2.05) is 48.3 Å². The van der Waals surface area contributed by atoms with Crippen LogP contribution in [0.4, 0.5) is 11.4 Å². The number of nitrogens with one attached hydrogen (secondary N) is 1. The summed E-state index contributed by atoms with van der Waals surface area (Å²) in [6, 6.07) is 15.9. The fourth-order valence-corrected chi connectivity index (χ4v) is 2.39. The van der Waals surface area contributed by atoms with E-state index in [0.717, 1.165) is 11.4 Å². The lowest BCUT2D eigenvalue weighted by atomic mass is 10.0. The van der Waals surface area contributed by atoms with E-state index < -0.39 is 0 Å². The number of nitrogens with zero attached hydrogens (tertiary/aromatic N) is 1. The lowest BCUT2D eigenvalue weighted by Gasteiger charge is -2.21. The number of hydrogen-bond acceptors (Lipinski definition) is 1. The maximum atomic E-state index is 6.02. The van der Waals surface area contributed by atoms with Gasteiger partial charge in [0.1, 0.15) is 0 Å². The van der Waals surface area contributed by atoms with E-state index >= 15 is 0 Å². The lowest BCUT2D eigenvalue weighted by molar-refractivity contribution is 0.867. The zero-order valence-electron chi connectivity index (χ0n) is 12.4. The molecule has 0 saturated heterocycles. The van der Waals surface area contributed by atoms with Gasteiger partial charge in [-0.25, -0.2) is 0 Å². The molecule has 0 radical (unpaired) electrons. The lowest BCUT2D eigenvalue weighted by Crippen LogP contribution is -2.30. The first kappa shape index (κ1) is 15.8. The van der Waals surface area contributed by atoms with Crippen LogP contribution in [0.3, 0.4) is 0 Å². The summed E-state index contributed by atoms with van der Waals surface area (Å²) < 4.78 is 0. The Balaban J connectivity index is 2.12. The van der Waals surface area contributed by atoms with Crippen LogP contribution in [0.5, 0.6) is 0 Å². The smallest absolute Gasteiger partial charge is 0.177 e. The summed E-state index contributed by atoms with van der Waals surface area (Å²) >= 11 is 11.5. The summed E-state index contributed by atoms with van der Waals surface area (Å²) in [5, 5.41) is 4.60. The number of benzene rings is 2. The van der Waals surface area contributed by atoms with Crippen molar-refractivity contribution in [1.82, 2.24) is 0 Å². The van der Waals surface area contributed by atoms with Gasteiger partial charge in [0.2, 0.25) is 0 Å². The first-order chi connectivity index (χ1) is 9.97. The van der Waals surface area contributed by atoms with Crippen LogP contribution < -0.4 is 10.2 Å². The predicted molar refractivity (Wildman–Crippen MR) is 96.6 cm³/mol. The number of halogens is 1. The number of anilines is 2. The SMILES string of the molecule is CC(C)c1cccc(NC(=S)N(C)c2cccc(Cl)c2)c1. The van der Waals surface area contributed by atoms with Crippen molar-refractivity contribution in [3.8, 4) is 0 Å². The van der Waals surface area contributed by atoms with Crippen LogP contribution in [0.2, 0.25) is 5.02 Å². The van der Waals surface area contributed by atoms with Gasteiger partial charge in [-0.15, -0.1) is 0 Å². The average molecular weight is 319 g/mol. The molecule has 21 heavy (non-hydrogen) atoms. The Bertz CT molecular complexity index is 640. The van der Waals surface area contributed by atoms with Crippen molar-refractivity contribution >= 4 is 40.3 Å². The van der Waals surface area contributed by atoms with Crippen LogP contribution in [0.1, 0.15) is 25.3 Å². The summed E-state index contributed by atoms with van der Waals surface area (Å²) in [6.45, 7) is 4.35. The zero-order chi connectivity index (χ0) is 15.4. The summed E-state index contributed by atoms with van der Waals surface area (Å²) in [4.78, 5) is 1.91. The van der Waals surface area contributed by atoms with Gasteiger partial charge in [0.05, 0.1) is 0 Å². The second-order valence-electron chi connectivity index (χ2n) is 5.25. The third-order valence-electron chi connectivity index (χ3n) is 3.30. The van der Waals surface area contributed by atoms with Crippen LogP contribution >= 0.6 is 23.8 Å². The zero-order valence-corrected chi connectivity index (χ0v) is 14.0. The molecule has 0 fully saturated rings. The van der Waals surface area contributed by atoms with Crippen LogP contribution in [-0.4, -0.2) is 12.2 Å². The van der Waals surface area contributed by atoms with Gasteiger partial charge < -0.3 is 10.2 Å². The van der Waals surface area contributed by atoms with Gasteiger partial charge in [-0.05, 0) is 54.0 Å². The van der Waals surface area contributed by atoms with Gasteiger partial charge in [-0.3, -0.25) is 0 Å². The fourth-order valence-electron chi connectivity index (χ4n) is 1.98. The van der Waals surface area contributed by atoms with Crippen molar-refractivity contribution in [2.24, 2.45) is 0 Å². The summed E-state index contributed by atoms with van der Waals surface area (Å²) in [6.07, 6.45) is 0. The standard InChI is InChI=1S/C17H19ClN2S/c1-12(2)13-6-4-8-15(10-13)19-17(21)20(3)16-9-5-7-14(18)11-16/h4-12H,1-3H3,(H,19,21). The number of hydrogen-bond donors (Lipinski definition) is 1. The van der Waals surface area contributed by atoms with Crippen molar-refractivity contribution < 1.29 is 0 Å². The molecule has 0 amide bonds. The molecular formula is C17H19ClN2S. The van der Waals surface area contributed by atoms with Crippen LogP contribution in [0.25, 0.3) is 0 Å². The molecule has 0 aliphatic heterocycles. The quantitative estimate of drug-likeness (QED) is 0.773. The Morgan fingerprint density at radius 3 is 2.52 bits per heavy atom. The number of rotatable bonds is 3. The molecule has 2 aromatic carbocycles. The van der Waals surface area contributed by atoms with Gasteiger partial charge in [0.25, 0.3) is 0 Å². The molecule has 0 aliphatic rings. The van der Waals surface area contributed by atoms with E-state index in [-0.39, 0.29) is 0 Å². The fraction of sp³-hybridized carbons (Fsp3) is 0.235. The monoisotopic (exact) mass is 318 g/mol. The molecule has 2 aromatic rings. The van der Waals surface area contributed by atoms with Gasteiger partial charge in [-0.1, -0.05) is 43.6 Å². The van der Waals surface area contributed by atoms with E-state index in [1.54, 1.807) is 0 Å². The van der Waals surface area contributed by atoms with Crippen LogP contribution in [0, 0.1) is 0 Å². The molecule has 0 aromatic heterocycles. The Morgan fingerprint density at radius 1 is 1.14 bits per heavy atom. The molecular weight excluding hydrogens is 300 g/mol. The maximum Gasteiger partial charge on any atom is 0.177 e. The Hall–Kier alpha value is -1.58. The summed E-state index contributed by atoms with van der Waals surface area (Å²) in [5.74, 6) is 0.492. The molecule has 0 heterocycles. The van der Waals surface area contributed by atoms with Crippen LogP contribution in [0.15, 0.2) is 48.5 Å². The van der Waals surface area contributed by atoms with E-state index in [9.17, 15) is 0 Å². The van der Waals surface area contributed by atoms with Crippen LogP contribution in [-0.2, 0) is 0 Å². The van der Waals surface area contributed by atoms with Gasteiger partial charge >= 0.3 is 0 Å². The normalized spacial score (nSPS) is 10.5. The first-order valence-corrected chi connectivity index (χ1v) is 7.66. The second-order valence-corrected chi connectivity index (χ2v) is 6.07. The molecule has 0 spiro atoms. The minimum atomic E-state index is 0.492. The van der Waals surface area contributed by atoms with Gasteiger partial charge in [0.15, 0.2) is 5.11 Å². The molecule has 0 bridgehead atoms. The molecule has 4 heteroatoms. The molecule has 0 saturated carbocycles. The van der Waals surface area contributed by atoms with Gasteiger partial charge in [0, 0.05) is 23.4 Å². The van der Waals surface area contributed by atoms with E-state index in [1.165, 1.54) is 5.56 Å². The molecule has 110 valence electrons. The maximum absolute atomic E-state index is 6.02. The molecule has 0 aliphatic carbocycles. The highest BCUT2D eigenvalue weighted by Gasteiger charge is 2.08. The van der Waals surface area contributed by atoms with Crippen molar-refractivity contribution in [1.29, 1.82) is 0 Å². The topological polar surface area (TPSA) is 15.3 Å².